The van der Waals surface area contributed by atoms with E-state index in [4.69, 9.17) is 27.8 Å². The van der Waals surface area contributed by atoms with E-state index in [9.17, 15) is 19.4 Å². The van der Waals surface area contributed by atoms with Gasteiger partial charge >= 0.3 is 0 Å². The first-order valence-electron chi connectivity index (χ1n) is 8.83. The Morgan fingerprint density at radius 3 is 2.73 bits per heavy atom. The highest BCUT2D eigenvalue weighted by Gasteiger charge is 2.36. The van der Waals surface area contributed by atoms with Crippen molar-refractivity contribution in [1.82, 2.24) is 14.5 Å². The number of hydrogen-bond acceptors (Lipinski definition) is 8. The fourth-order valence-electron chi connectivity index (χ4n) is 3.30. The number of ether oxygens (including phenoxy) is 1. The molecule has 0 aliphatic heterocycles. The summed E-state index contributed by atoms with van der Waals surface area (Å²) < 4.78 is 21.1. The molecular weight excluding hydrogens is 417 g/mol. The molecule has 0 unspecified atom stereocenters. The summed E-state index contributed by atoms with van der Waals surface area (Å²) in [4.78, 5) is 20.0. The summed E-state index contributed by atoms with van der Waals surface area (Å²) in [6.45, 7) is -0.153. The highest BCUT2D eigenvalue weighted by molar-refractivity contribution is 6.33. The first-order chi connectivity index (χ1) is 14.2. The predicted molar refractivity (Wildman–Crippen MR) is 109 cm³/mol. The maximum atomic E-state index is 14.4. The van der Waals surface area contributed by atoms with E-state index in [1.807, 2.05) is 0 Å². The Labute approximate surface area is 174 Å². The van der Waals surface area contributed by atoms with Crippen molar-refractivity contribution in [2.75, 3.05) is 18.1 Å². The molecule has 0 saturated heterocycles. The Hall–Kier alpha value is -3.21. The average Bonchev–Trinajstić information content (AvgIpc) is 2.96. The van der Waals surface area contributed by atoms with Crippen molar-refractivity contribution in [3.05, 3.63) is 63.4 Å². The lowest BCUT2D eigenvalue weighted by Gasteiger charge is -2.19. The van der Waals surface area contributed by atoms with Crippen LogP contribution in [0.3, 0.4) is 0 Å². The minimum Gasteiger partial charge on any atom is -0.489 e. The SMILES string of the molecule is Nc1cc(=O)n([C@@H]2C=C(COc3cc(F)c4cc(Cl)c(N)nc4c3)[C@@H](O)[C@@H]2O)cn1. The van der Waals surface area contributed by atoms with Gasteiger partial charge in [0.1, 0.15) is 48.3 Å². The number of fused-ring (bicyclic) bond motifs is 1. The minimum atomic E-state index is -1.29. The van der Waals surface area contributed by atoms with E-state index < -0.39 is 29.6 Å². The van der Waals surface area contributed by atoms with E-state index >= 15 is 0 Å². The Kier molecular flexibility index (Phi) is 5.06. The molecule has 9 nitrogen and oxygen atoms in total. The van der Waals surface area contributed by atoms with E-state index in [0.29, 0.717) is 5.57 Å². The van der Waals surface area contributed by atoms with E-state index in [1.54, 1.807) is 0 Å². The second-order valence-corrected chi connectivity index (χ2v) is 7.25. The molecule has 1 aromatic carbocycles. The number of aliphatic hydroxyl groups excluding tert-OH is 2. The van der Waals surface area contributed by atoms with Gasteiger partial charge in [-0.1, -0.05) is 17.7 Å². The normalized spacial score (nSPS) is 21.1. The zero-order valence-electron chi connectivity index (χ0n) is 15.4. The summed E-state index contributed by atoms with van der Waals surface area (Å²) in [6.07, 6.45) is 0.126. The van der Waals surface area contributed by atoms with Gasteiger partial charge in [-0.25, -0.2) is 14.4 Å². The summed E-state index contributed by atoms with van der Waals surface area (Å²) in [7, 11) is 0. The second-order valence-electron chi connectivity index (χ2n) is 6.84. The number of benzene rings is 1. The molecule has 11 heteroatoms. The molecule has 0 spiro atoms. The number of rotatable bonds is 4. The Bertz CT molecular complexity index is 1230. The van der Waals surface area contributed by atoms with Gasteiger partial charge in [0.15, 0.2) is 0 Å². The van der Waals surface area contributed by atoms with Gasteiger partial charge < -0.3 is 26.4 Å². The van der Waals surface area contributed by atoms with Crippen molar-refractivity contribution >= 4 is 34.1 Å². The second kappa shape index (κ2) is 7.56. The molecule has 3 atom stereocenters. The summed E-state index contributed by atoms with van der Waals surface area (Å²) in [5.41, 5.74) is 11.2. The third kappa shape index (κ3) is 3.56. The predicted octanol–water partition coefficient (Wildman–Crippen LogP) is 1.03. The van der Waals surface area contributed by atoms with Crippen molar-refractivity contribution in [3.8, 4) is 5.75 Å². The number of halogens is 2. The number of nitrogens with two attached hydrogens (primary N) is 2. The Morgan fingerprint density at radius 1 is 1.23 bits per heavy atom. The van der Waals surface area contributed by atoms with Gasteiger partial charge in [0.25, 0.3) is 5.56 Å². The van der Waals surface area contributed by atoms with E-state index in [1.165, 1.54) is 24.5 Å². The van der Waals surface area contributed by atoms with Crippen LogP contribution in [0.25, 0.3) is 10.9 Å². The Balaban J connectivity index is 1.58. The van der Waals surface area contributed by atoms with Crippen LogP contribution >= 0.6 is 11.6 Å². The Morgan fingerprint density at radius 2 is 2.00 bits per heavy atom. The van der Waals surface area contributed by atoms with Crippen LogP contribution < -0.4 is 21.8 Å². The molecular formula is C19H17ClFN5O4. The van der Waals surface area contributed by atoms with E-state index in [2.05, 4.69) is 9.97 Å². The molecule has 3 aromatic rings. The third-order valence-corrected chi connectivity index (χ3v) is 5.16. The van der Waals surface area contributed by atoms with Gasteiger partial charge in [-0.15, -0.1) is 0 Å². The molecule has 1 aliphatic rings. The molecule has 2 heterocycles. The molecule has 30 heavy (non-hydrogen) atoms. The van der Waals surface area contributed by atoms with Crippen LogP contribution in [0.15, 0.2) is 47.0 Å². The lowest BCUT2D eigenvalue weighted by atomic mass is 10.1. The van der Waals surface area contributed by atoms with Crippen molar-refractivity contribution in [2.24, 2.45) is 0 Å². The topological polar surface area (TPSA) is 150 Å². The van der Waals surface area contributed by atoms with Crippen molar-refractivity contribution < 1.29 is 19.3 Å². The van der Waals surface area contributed by atoms with Crippen molar-refractivity contribution in [2.45, 2.75) is 18.2 Å². The van der Waals surface area contributed by atoms with Gasteiger partial charge in [0, 0.05) is 23.6 Å². The lowest BCUT2D eigenvalue weighted by molar-refractivity contribution is 0.0279. The van der Waals surface area contributed by atoms with Gasteiger partial charge in [-0.3, -0.25) is 9.36 Å². The first kappa shape index (κ1) is 20.1. The van der Waals surface area contributed by atoms with Crippen LogP contribution in [0, 0.1) is 5.82 Å². The molecule has 6 N–H and O–H groups in total. The average molecular weight is 434 g/mol. The summed E-state index contributed by atoms with van der Waals surface area (Å²) in [5, 5.41) is 21.0. The van der Waals surface area contributed by atoms with Crippen LogP contribution in [-0.2, 0) is 0 Å². The molecule has 4 rings (SSSR count). The lowest BCUT2D eigenvalue weighted by Crippen LogP contribution is -2.35. The zero-order chi connectivity index (χ0) is 21.6. The molecule has 0 bridgehead atoms. The number of aliphatic hydroxyl groups is 2. The number of hydrogen-bond donors (Lipinski definition) is 4. The molecule has 0 radical (unpaired) electrons. The van der Waals surface area contributed by atoms with Gasteiger partial charge in [0.05, 0.1) is 16.6 Å². The first-order valence-corrected chi connectivity index (χ1v) is 9.21. The van der Waals surface area contributed by atoms with Crippen LogP contribution in [0.5, 0.6) is 5.75 Å². The van der Waals surface area contributed by atoms with Crippen LogP contribution in [0.2, 0.25) is 5.02 Å². The largest absolute Gasteiger partial charge is 0.489 e. The fraction of sp³-hybridized carbons (Fsp3) is 0.211. The van der Waals surface area contributed by atoms with Crippen molar-refractivity contribution in [3.63, 3.8) is 0 Å². The van der Waals surface area contributed by atoms with Crippen LogP contribution in [-0.4, -0.2) is 43.6 Å². The monoisotopic (exact) mass is 433 g/mol. The third-order valence-electron chi connectivity index (χ3n) is 4.86. The molecule has 0 fully saturated rings. The number of anilines is 2. The highest BCUT2D eigenvalue weighted by Crippen LogP contribution is 2.31. The quantitative estimate of drug-likeness (QED) is 0.445. The molecule has 0 saturated carbocycles. The standard InChI is InChI=1S/C19H17ClFN5O4/c20-11-4-10-12(21)2-9(3-13(10)25-19(11)23)30-6-8-1-14(18(29)17(8)28)26-7-24-15(22)5-16(26)27/h1-5,7,14,17-18,28-29H,6,22H2,(H2,23,25)/t14-,17-,18-/m1/s1. The van der Waals surface area contributed by atoms with Gasteiger partial charge in [0.2, 0.25) is 0 Å². The summed E-state index contributed by atoms with van der Waals surface area (Å²) in [6, 6.07) is 4.28. The number of pyridine rings is 1. The maximum absolute atomic E-state index is 14.4. The van der Waals surface area contributed by atoms with Crippen LogP contribution in [0.1, 0.15) is 6.04 Å². The van der Waals surface area contributed by atoms with Gasteiger partial charge in [-0.05, 0) is 11.6 Å². The molecule has 2 aromatic heterocycles. The van der Waals surface area contributed by atoms with Crippen molar-refractivity contribution in [1.29, 1.82) is 0 Å². The smallest absolute Gasteiger partial charge is 0.256 e. The minimum absolute atomic E-state index is 0.0469. The molecule has 1 aliphatic carbocycles. The summed E-state index contributed by atoms with van der Waals surface area (Å²) >= 11 is 5.88. The number of nitrogen functional groups attached to an aromatic ring is 2. The summed E-state index contributed by atoms with van der Waals surface area (Å²) in [5.74, 6) is -0.351. The zero-order valence-corrected chi connectivity index (χ0v) is 16.1. The molecule has 156 valence electrons. The highest BCUT2D eigenvalue weighted by atomic mass is 35.5. The van der Waals surface area contributed by atoms with Gasteiger partial charge in [-0.2, -0.15) is 0 Å². The molecule has 0 amide bonds. The van der Waals surface area contributed by atoms with Crippen LogP contribution in [0.4, 0.5) is 16.0 Å². The van der Waals surface area contributed by atoms with E-state index in [0.717, 1.165) is 16.7 Å². The maximum Gasteiger partial charge on any atom is 0.256 e. The fourth-order valence-corrected chi connectivity index (χ4v) is 3.45. The number of aromatic nitrogens is 3. The number of nitrogens with zero attached hydrogens (tertiary/aromatic N) is 3. The van der Waals surface area contributed by atoms with E-state index in [-0.39, 0.29) is 39.9 Å².